The molecule has 1 unspecified atom stereocenters. The Balaban J connectivity index is 2.04. The molecule has 0 spiro atoms. The van der Waals surface area contributed by atoms with Crippen molar-refractivity contribution in [1.29, 1.82) is 0 Å². The summed E-state index contributed by atoms with van der Waals surface area (Å²) in [6, 6.07) is 11.2. The number of aryl methyl sites for hydroxylation is 1. The normalized spacial score (nSPS) is 13.5. The number of H-pyrrole nitrogens is 1. The van der Waals surface area contributed by atoms with Crippen LogP contribution in [0.25, 0.3) is 21.8 Å². The number of benzene rings is 2. The summed E-state index contributed by atoms with van der Waals surface area (Å²) in [7, 11) is 0. The minimum Gasteiger partial charge on any atom is -0.480 e. The second-order valence-corrected chi connectivity index (χ2v) is 8.26. The van der Waals surface area contributed by atoms with Crippen molar-refractivity contribution in [2.75, 3.05) is 0 Å². The number of fused-ring (bicyclic) bond motifs is 2. The maximum Gasteiger partial charge on any atom is 0.332 e. The number of carbonyl (C=O) groups is 1. The van der Waals surface area contributed by atoms with E-state index in [0.29, 0.717) is 17.3 Å². The Kier molecular flexibility index (Phi) is 5.74. The van der Waals surface area contributed by atoms with Crippen molar-refractivity contribution < 1.29 is 9.90 Å². The number of hydrogen-bond donors (Lipinski definition) is 2. The monoisotopic (exact) mass is 433 g/mol. The number of aromatic amines is 1. The molecule has 7 nitrogen and oxygen atoms in total. The van der Waals surface area contributed by atoms with Gasteiger partial charge in [0.25, 0.3) is 5.56 Å². The Bertz CT molecular complexity index is 1430. The second kappa shape index (κ2) is 8.49. The van der Waals surface area contributed by atoms with Crippen LogP contribution in [0.1, 0.15) is 56.3 Å². The third-order valence-corrected chi connectivity index (χ3v) is 6.23. The molecule has 32 heavy (non-hydrogen) atoms. The van der Waals surface area contributed by atoms with Crippen molar-refractivity contribution in [3.63, 3.8) is 0 Å². The summed E-state index contributed by atoms with van der Waals surface area (Å²) >= 11 is 0. The summed E-state index contributed by atoms with van der Waals surface area (Å²) < 4.78 is 2.48. The van der Waals surface area contributed by atoms with Crippen LogP contribution in [-0.2, 0) is 4.79 Å². The lowest BCUT2D eigenvalue weighted by Gasteiger charge is -2.22. The van der Waals surface area contributed by atoms with Gasteiger partial charge >= 0.3 is 11.7 Å². The lowest BCUT2D eigenvalue weighted by atomic mass is 10.0. The van der Waals surface area contributed by atoms with Gasteiger partial charge in [0, 0.05) is 22.7 Å². The van der Waals surface area contributed by atoms with E-state index in [1.807, 2.05) is 45.2 Å². The first kappa shape index (κ1) is 21.6. The Labute approximate surface area is 184 Å². The third-order valence-electron chi connectivity index (χ3n) is 6.23. The van der Waals surface area contributed by atoms with Crippen LogP contribution in [0.4, 0.5) is 0 Å². The molecule has 0 fully saturated rings. The summed E-state index contributed by atoms with van der Waals surface area (Å²) in [5, 5.41) is 11.2. The van der Waals surface area contributed by atoms with Crippen molar-refractivity contribution in [2.24, 2.45) is 0 Å². The van der Waals surface area contributed by atoms with Crippen molar-refractivity contribution in [2.45, 2.75) is 52.1 Å². The molecule has 4 aromatic rings. The number of carboxylic acid groups (broad SMARTS) is 1. The van der Waals surface area contributed by atoms with Gasteiger partial charge in [-0.2, -0.15) is 0 Å². The molecule has 0 aliphatic carbocycles. The number of para-hydroxylation sites is 1. The van der Waals surface area contributed by atoms with Gasteiger partial charge in [0.05, 0.1) is 16.9 Å². The van der Waals surface area contributed by atoms with Gasteiger partial charge in [-0.1, -0.05) is 44.0 Å². The van der Waals surface area contributed by atoms with E-state index < -0.39 is 29.3 Å². The molecule has 0 aliphatic heterocycles. The maximum absolute atomic E-state index is 13.7. The summed E-state index contributed by atoms with van der Waals surface area (Å²) in [6.45, 7) is 5.86. The van der Waals surface area contributed by atoms with E-state index in [9.17, 15) is 19.5 Å². The number of nitrogens with one attached hydrogen (secondary N) is 1. The summed E-state index contributed by atoms with van der Waals surface area (Å²) in [6.07, 6.45) is 3.48. The highest BCUT2D eigenvalue weighted by Gasteiger charge is 2.27. The highest BCUT2D eigenvalue weighted by molar-refractivity contribution is 5.87. The van der Waals surface area contributed by atoms with E-state index in [-0.39, 0.29) is 6.42 Å². The fourth-order valence-electron chi connectivity index (χ4n) is 4.58. The molecular formula is C25H27N3O4. The van der Waals surface area contributed by atoms with Gasteiger partial charge in [-0.15, -0.1) is 0 Å². The predicted octanol–water partition coefficient (Wildman–Crippen LogP) is 4.38. The van der Waals surface area contributed by atoms with Crippen LogP contribution in [0.3, 0.4) is 0 Å². The van der Waals surface area contributed by atoms with Crippen LogP contribution < -0.4 is 11.2 Å². The van der Waals surface area contributed by atoms with E-state index in [0.717, 1.165) is 33.0 Å². The van der Waals surface area contributed by atoms with E-state index in [2.05, 4.69) is 4.98 Å². The van der Waals surface area contributed by atoms with Crippen LogP contribution in [0.15, 0.2) is 58.3 Å². The first-order valence-corrected chi connectivity index (χ1v) is 10.9. The van der Waals surface area contributed by atoms with Gasteiger partial charge in [-0.3, -0.25) is 9.36 Å². The van der Waals surface area contributed by atoms with Gasteiger partial charge in [0.2, 0.25) is 0 Å². The molecule has 0 saturated carbocycles. The highest BCUT2D eigenvalue weighted by atomic mass is 16.4. The minimum absolute atomic E-state index is 0.222. The molecular weight excluding hydrogens is 406 g/mol. The first-order chi connectivity index (χ1) is 15.4. The van der Waals surface area contributed by atoms with Gasteiger partial charge < -0.3 is 10.1 Å². The average Bonchev–Trinajstić information content (AvgIpc) is 3.21. The number of nitrogens with zero attached hydrogens (tertiary/aromatic N) is 2. The molecule has 0 radical (unpaired) electrons. The molecule has 2 aromatic carbocycles. The average molecular weight is 434 g/mol. The van der Waals surface area contributed by atoms with Crippen LogP contribution in [-0.4, -0.2) is 25.2 Å². The Morgan fingerprint density at radius 1 is 1.09 bits per heavy atom. The number of aliphatic carboxylic acids is 1. The Hall–Kier alpha value is -3.61. The predicted molar refractivity (Wildman–Crippen MR) is 126 cm³/mol. The Morgan fingerprint density at radius 2 is 1.84 bits per heavy atom. The van der Waals surface area contributed by atoms with Crippen molar-refractivity contribution in [3.05, 3.63) is 80.6 Å². The van der Waals surface area contributed by atoms with Gasteiger partial charge in [0.15, 0.2) is 0 Å². The van der Waals surface area contributed by atoms with E-state index >= 15 is 0 Å². The standard InChI is InChI=1S/C25H27N3O4/c1-4-5-12-21(24(30)31)28-23(29)17-10-6-7-13-20(17)27(25(28)32)16(3)18-14-26-19-11-8-9-15(2)22(18)19/h6-11,13-14,16,21,26H,4-5,12H2,1-3H3,(H,30,31)/t16?,21-/m0/s1. The van der Waals surface area contributed by atoms with Crippen LogP contribution in [0.2, 0.25) is 0 Å². The van der Waals surface area contributed by atoms with Gasteiger partial charge in [-0.25, -0.2) is 14.2 Å². The second-order valence-electron chi connectivity index (χ2n) is 8.26. The summed E-state index contributed by atoms with van der Waals surface area (Å²) in [4.78, 5) is 42.3. The first-order valence-electron chi connectivity index (χ1n) is 10.9. The lowest BCUT2D eigenvalue weighted by Crippen LogP contribution is -2.45. The molecule has 0 aliphatic rings. The topological polar surface area (TPSA) is 97.1 Å². The fraction of sp³-hybridized carbons (Fsp3) is 0.320. The number of rotatable bonds is 7. The summed E-state index contributed by atoms with van der Waals surface area (Å²) in [5.41, 5.74) is 2.27. The molecule has 2 N–H and O–H groups in total. The third kappa shape index (κ3) is 3.43. The quantitative estimate of drug-likeness (QED) is 0.452. The van der Waals surface area contributed by atoms with E-state index in [1.54, 1.807) is 28.8 Å². The zero-order valence-electron chi connectivity index (χ0n) is 18.5. The van der Waals surface area contributed by atoms with Crippen LogP contribution in [0.5, 0.6) is 0 Å². The molecule has 166 valence electrons. The van der Waals surface area contributed by atoms with Crippen molar-refractivity contribution in [3.8, 4) is 0 Å². The van der Waals surface area contributed by atoms with E-state index in [4.69, 9.17) is 0 Å². The highest BCUT2D eigenvalue weighted by Crippen LogP contribution is 2.30. The number of hydrogen-bond acceptors (Lipinski definition) is 3. The molecule has 2 aromatic heterocycles. The van der Waals surface area contributed by atoms with Crippen molar-refractivity contribution >= 4 is 27.8 Å². The molecule has 7 heteroatoms. The number of carboxylic acids is 1. The van der Waals surface area contributed by atoms with E-state index in [1.165, 1.54) is 0 Å². The number of unbranched alkanes of at least 4 members (excludes halogenated alkanes) is 1. The molecule has 0 amide bonds. The molecule has 2 heterocycles. The number of aromatic nitrogens is 3. The smallest absolute Gasteiger partial charge is 0.332 e. The zero-order valence-corrected chi connectivity index (χ0v) is 18.5. The SMILES string of the molecule is CCCC[C@@H](C(=O)O)n1c(=O)c2ccccc2n(C(C)c2c[nH]c3cccc(C)c23)c1=O. The molecule has 0 saturated heterocycles. The van der Waals surface area contributed by atoms with Crippen LogP contribution in [0, 0.1) is 6.92 Å². The van der Waals surface area contributed by atoms with Gasteiger partial charge in [0.1, 0.15) is 6.04 Å². The molecule has 0 bridgehead atoms. The fourth-order valence-corrected chi connectivity index (χ4v) is 4.58. The minimum atomic E-state index is -1.21. The lowest BCUT2D eigenvalue weighted by molar-refractivity contribution is -0.141. The Morgan fingerprint density at radius 3 is 2.56 bits per heavy atom. The maximum atomic E-state index is 13.7. The van der Waals surface area contributed by atoms with Crippen LogP contribution >= 0.6 is 0 Å². The van der Waals surface area contributed by atoms with Crippen molar-refractivity contribution in [1.82, 2.24) is 14.1 Å². The largest absolute Gasteiger partial charge is 0.480 e. The molecule has 2 atom stereocenters. The zero-order chi connectivity index (χ0) is 23.0. The summed E-state index contributed by atoms with van der Waals surface area (Å²) in [5.74, 6) is -1.17. The molecule has 4 rings (SSSR count). The van der Waals surface area contributed by atoms with Gasteiger partial charge in [-0.05, 0) is 44.0 Å².